The van der Waals surface area contributed by atoms with E-state index in [9.17, 15) is 9.18 Å². The molecule has 1 aliphatic heterocycles. The average Bonchev–Trinajstić information content (AvgIpc) is 3.44. The van der Waals surface area contributed by atoms with E-state index < -0.39 is 0 Å². The van der Waals surface area contributed by atoms with Gasteiger partial charge in [0.05, 0.1) is 0 Å². The van der Waals surface area contributed by atoms with Crippen LogP contribution < -0.4 is 20.1 Å². The van der Waals surface area contributed by atoms with Crippen molar-refractivity contribution in [3.63, 3.8) is 0 Å². The van der Waals surface area contributed by atoms with Crippen molar-refractivity contribution in [3.8, 4) is 11.5 Å². The van der Waals surface area contributed by atoms with Gasteiger partial charge in [0.2, 0.25) is 6.79 Å². The summed E-state index contributed by atoms with van der Waals surface area (Å²) < 4.78 is 25.4. The van der Waals surface area contributed by atoms with Gasteiger partial charge in [-0.25, -0.2) is 4.39 Å². The third-order valence-corrected chi connectivity index (χ3v) is 4.98. The van der Waals surface area contributed by atoms with Crippen LogP contribution in [0, 0.1) is 5.82 Å². The first-order valence-corrected chi connectivity index (χ1v) is 10.0. The van der Waals surface area contributed by atoms with E-state index in [0.29, 0.717) is 42.4 Å². The Balaban J connectivity index is 1.21. The van der Waals surface area contributed by atoms with Gasteiger partial charge in [-0.2, -0.15) is 4.52 Å². The van der Waals surface area contributed by atoms with Gasteiger partial charge >= 0.3 is 0 Å². The summed E-state index contributed by atoms with van der Waals surface area (Å²) in [7, 11) is 0. The minimum absolute atomic E-state index is 0.241. The van der Waals surface area contributed by atoms with Crippen LogP contribution in [0.2, 0.25) is 0 Å². The van der Waals surface area contributed by atoms with Crippen LogP contribution in [-0.2, 0) is 13.0 Å². The predicted octanol–water partition coefficient (Wildman–Crippen LogP) is 2.58. The van der Waals surface area contributed by atoms with E-state index in [1.54, 1.807) is 4.52 Å². The number of carbonyl (C=O) groups excluding carboxylic acids is 1. The lowest BCUT2D eigenvalue weighted by molar-refractivity contribution is 0.0954. The number of hydrogen-bond acceptors (Lipinski definition) is 7. The highest BCUT2D eigenvalue weighted by Crippen LogP contribution is 2.32. The number of nitrogens with one attached hydrogen (secondary N) is 2. The van der Waals surface area contributed by atoms with Crippen LogP contribution in [0.1, 0.15) is 21.7 Å². The Bertz CT molecular complexity index is 1270. The number of nitrogens with zero attached hydrogens (tertiary/aromatic N) is 4. The number of amides is 1. The molecular formula is C22H19FN6O3. The number of anilines is 1. The minimum atomic E-state index is -0.384. The number of benzene rings is 2. The molecule has 4 aromatic rings. The molecule has 0 unspecified atom stereocenters. The Hall–Kier alpha value is -4.21. The van der Waals surface area contributed by atoms with Crippen LogP contribution >= 0.6 is 0 Å². The molecule has 0 atom stereocenters. The molecule has 3 heterocycles. The summed E-state index contributed by atoms with van der Waals surface area (Å²) in [5, 5.41) is 18.9. The van der Waals surface area contributed by atoms with Gasteiger partial charge < -0.3 is 20.1 Å². The molecule has 5 rings (SSSR count). The van der Waals surface area contributed by atoms with Crippen LogP contribution in [0.25, 0.3) is 5.65 Å². The van der Waals surface area contributed by atoms with Gasteiger partial charge in [0, 0.05) is 25.1 Å². The van der Waals surface area contributed by atoms with Gasteiger partial charge in [-0.1, -0.05) is 6.07 Å². The van der Waals surface area contributed by atoms with Gasteiger partial charge in [-0.3, -0.25) is 4.79 Å². The maximum absolute atomic E-state index is 13.0. The highest BCUT2D eigenvalue weighted by Gasteiger charge is 2.13. The number of aromatic nitrogens is 4. The first-order valence-electron chi connectivity index (χ1n) is 10.0. The Morgan fingerprint density at radius 1 is 1.03 bits per heavy atom. The van der Waals surface area contributed by atoms with Crippen LogP contribution in [0.5, 0.6) is 11.5 Å². The van der Waals surface area contributed by atoms with Crippen molar-refractivity contribution in [2.24, 2.45) is 0 Å². The number of fused-ring (bicyclic) bond motifs is 2. The van der Waals surface area contributed by atoms with E-state index in [1.165, 1.54) is 24.3 Å². The summed E-state index contributed by atoms with van der Waals surface area (Å²) in [6, 6.07) is 14.8. The van der Waals surface area contributed by atoms with Crippen molar-refractivity contribution in [1.82, 2.24) is 25.1 Å². The fraction of sp³-hybridized carbons (Fsp3) is 0.182. The summed E-state index contributed by atoms with van der Waals surface area (Å²) in [4.78, 5) is 12.2. The van der Waals surface area contributed by atoms with E-state index in [4.69, 9.17) is 9.47 Å². The summed E-state index contributed by atoms with van der Waals surface area (Å²) in [5.41, 5.74) is 2.03. The third kappa shape index (κ3) is 4.15. The Morgan fingerprint density at radius 2 is 1.88 bits per heavy atom. The summed E-state index contributed by atoms with van der Waals surface area (Å²) in [5.74, 6) is 2.09. The molecule has 0 bridgehead atoms. The van der Waals surface area contributed by atoms with Gasteiger partial charge in [0.1, 0.15) is 11.6 Å². The topological polar surface area (TPSA) is 103 Å². The lowest BCUT2D eigenvalue weighted by Gasteiger charge is -2.08. The average molecular weight is 434 g/mol. The molecule has 0 radical (unpaired) electrons. The normalized spacial score (nSPS) is 12.2. The maximum atomic E-state index is 13.0. The smallest absolute Gasteiger partial charge is 0.251 e. The first kappa shape index (κ1) is 19.7. The monoisotopic (exact) mass is 434 g/mol. The summed E-state index contributed by atoms with van der Waals surface area (Å²) in [6.07, 6.45) is 0.437. The lowest BCUT2D eigenvalue weighted by Crippen LogP contribution is -2.26. The Labute approximate surface area is 182 Å². The maximum Gasteiger partial charge on any atom is 0.251 e. The molecule has 0 saturated heterocycles. The van der Waals surface area contributed by atoms with Crippen molar-refractivity contribution >= 4 is 17.4 Å². The van der Waals surface area contributed by atoms with E-state index >= 15 is 0 Å². The number of rotatable bonds is 7. The third-order valence-electron chi connectivity index (χ3n) is 4.98. The number of halogens is 1. The molecule has 9 nitrogen and oxygen atoms in total. The molecule has 0 saturated carbocycles. The largest absolute Gasteiger partial charge is 0.454 e. The van der Waals surface area contributed by atoms with Crippen molar-refractivity contribution in [2.75, 3.05) is 18.7 Å². The van der Waals surface area contributed by atoms with Gasteiger partial charge in [-0.15, -0.1) is 15.3 Å². The second-order valence-electron chi connectivity index (χ2n) is 7.16. The Kier molecular flexibility index (Phi) is 5.24. The molecule has 0 fully saturated rings. The zero-order valence-corrected chi connectivity index (χ0v) is 16.9. The lowest BCUT2D eigenvalue weighted by atomic mass is 10.2. The molecule has 1 aliphatic rings. The standard InChI is InChI=1S/C22H19FN6O3/c23-16-4-2-15(3-5-16)22(30)24-10-9-21-27-26-20-8-7-19(28-29(20)21)25-12-14-1-6-17-18(11-14)32-13-31-17/h1-8,11H,9-10,12-13H2,(H,24,30)(H,25,28). The molecule has 0 spiro atoms. The SMILES string of the molecule is O=C(NCCc1nnc2ccc(NCc3ccc4c(c3)OCO4)nn12)c1ccc(F)cc1. The Morgan fingerprint density at radius 3 is 2.75 bits per heavy atom. The molecule has 2 aromatic heterocycles. The van der Waals surface area contributed by atoms with Gasteiger partial charge in [-0.05, 0) is 54.1 Å². The van der Waals surface area contributed by atoms with Crippen molar-refractivity contribution in [2.45, 2.75) is 13.0 Å². The van der Waals surface area contributed by atoms with E-state index in [2.05, 4.69) is 25.9 Å². The fourth-order valence-corrected chi connectivity index (χ4v) is 3.32. The molecule has 32 heavy (non-hydrogen) atoms. The molecule has 2 N–H and O–H groups in total. The zero-order chi connectivity index (χ0) is 21.9. The van der Waals surface area contributed by atoms with Crippen molar-refractivity contribution < 1.29 is 18.7 Å². The van der Waals surface area contributed by atoms with Crippen molar-refractivity contribution in [3.05, 3.63) is 77.4 Å². The molecule has 1 amide bonds. The number of ether oxygens (including phenoxy) is 2. The van der Waals surface area contributed by atoms with Gasteiger partial charge in [0.25, 0.3) is 5.91 Å². The van der Waals surface area contributed by atoms with Gasteiger partial charge in [0.15, 0.2) is 23.0 Å². The molecule has 0 aliphatic carbocycles. The van der Waals surface area contributed by atoms with E-state index in [1.807, 2.05) is 30.3 Å². The number of hydrogen-bond donors (Lipinski definition) is 2. The van der Waals surface area contributed by atoms with E-state index in [0.717, 1.165) is 17.1 Å². The molecular weight excluding hydrogens is 415 g/mol. The molecule has 162 valence electrons. The van der Waals surface area contributed by atoms with Crippen LogP contribution in [0.15, 0.2) is 54.6 Å². The highest BCUT2D eigenvalue weighted by molar-refractivity contribution is 5.94. The summed E-state index contributed by atoms with van der Waals surface area (Å²) >= 11 is 0. The predicted molar refractivity (Wildman–Crippen MR) is 113 cm³/mol. The number of carbonyl (C=O) groups is 1. The van der Waals surface area contributed by atoms with Crippen LogP contribution in [0.4, 0.5) is 10.2 Å². The zero-order valence-electron chi connectivity index (χ0n) is 16.9. The van der Waals surface area contributed by atoms with Crippen LogP contribution in [-0.4, -0.2) is 39.1 Å². The van der Waals surface area contributed by atoms with E-state index in [-0.39, 0.29) is 18.5 Å². The quantitative estimate of drug-likeness (QED) is 0.461. The fourth-order valence-electron chi connectivity index (χ4n) is 3.32. The highest BCUT2D eigenvalue weighted by atomic mass is 19.1. The van der Waals surface area contributed by atoms with Crippen LogP contribution in [0.3, 0.4) is 0 Å². The molecule has 10 heteroatoms. The minimum Gasteiger partial charge on any atom is -0.454 e. The van der Waals surface area contributed by atoms with Crippen molar-refractivity contribution in [1.29, 1.82) is 0 Å². The second-order valence-corrected chi connectivity index (χ2v) is 7.16. The second kappa shape index (κ2) is 8.50. The summed E-state index contributed by atoms with van der Waals surface area (Å²) in [6.45, 7) is 1.14. The first-order chi connectivity index (χ1) is 15.7. The molecule has 2 aromatic carbocycles.